The predicted molar refractivity (Wildman–Crippen MR) is 68.7 cm³/mol. The van der Waals surface area contributed by atoms with Gasteiger partial charge >= 0.3 is 0 Å². The maximum Gasteiger partial charge on any atom is 0.157 e. The molecule has 2 atom stereocenters. The summed E-state index contributed by atoms with van der Waals surface area (Å²) < 4.78 is 5.41. The topological polar surface area (TPSA) is 61.0 Å². The molecule has 0 aliphatic rings. The van der Waals surface area contributed by atoms with Crippen molar-refractivity contribution in [2.45, 2.75) is 51.7 Å². The Morgan fingerprint density at radius 1 is 1.41 bits per heavy atom. The molecule has 0 fully saturated rings. The molecule has 4 heteroatoms. The molecule has 2 unspecified atom stereocenters. The minimum Gasteiger partial charge on any atom is -0.373 e. The Bertz CT molecular complexity index is 330. The highest BCUT2D eigenvalue weighted by Crippen LogP contribution is 2.18. The minimum absolute atomic E-state index is 0.00204. The van der Waals surface area contributed by atoms with E-state index in [1.165, 1.54) is 0 Å². The molecule has 0 aromatic carbocycles. The largest absolute Gasteiger partial charge is 0.373 e. The lowest BCUT2D eigenvalue weighted by Crippen LogP contribution is -2.22. The lowest BCUT2D eigenvalue weighted by atomic mass is 10.1. The summed E-state index contributed by atoms with van der Waals surface area (Å²) in [4.78, 5) is 8.82. The van der Waals surface area contributed by atoms with Gasteiger partial charge in [0, 0.05) is 31.5 Å². The monoisotopic (exact) mass is 237 g/mol. The van der Waals surface area contributed by atoms with Crippen LogP contribution < -0.4 is 5.73 Å². The van der Waals surface area contributed by atoms with Gasteiger partial charge in [-0.1, -0.05) is 20.3 Å². The van der Waals surface area contributed by atoms with E-state index in [1.807, 2.05) is 6.07 Å². The van der Waals surface area contributed by atoms with Gasteiger partial charge in [0.1, 0.15) is 6.10 Å². The third kappa shape index (κ3) is 4.40. The smallest absolute Gasteiger partial charge is 0.157 e. The summed E-state index contributed by atoms with van der Waals surface area (Å²) in [5, 5.41) is 0. The molecule has 0 saturated heterocycles. The Morgan fingerprint density at radius 2 is 2.18 bits per heavy atom. The molecule has 0 radical (unpaired) electrons. The fourth-order valence-corrected chi connectivity index (χ4v) is 1.71. The zero-order chi connectivity index (χ0) is 12.7. The van der Waals surface area contributed by atoms with Crippen LogP contribution in [-0.2, 0) is 11.2 Å². The number of methoxy groups -OCH3 is 1. The summed E-state index contributed by atoms with van der Waals surface area (Å²) in [7, 11) is 1.70. The van der Waals surface area contributed by atoms with E-state index in [0.717, 1.165) is 37.2 Å². The second kappa shape index (κ2) is 7.35. The molecule has 0 spiro atoms. The van der Waals surface area contributed by atoms with Crippen molar-refractivity contribution in [3.05, 3.63) is 23.8 Å². The van der Waals surface area contributed by atoms with Crippen LogP contribution in [0.4, 0.5) is 0 Å². The van der Waals surface area contributed by atoms with E-state index in [4.69, 9.17) is 10.5 Å². The van der Waals surface area contributed by atoms with E-state index in [0.29, 0.717) is 0 Å². The average Bonchev–Trinajstić information content (AvgIpc) is 2.36. The zero-order valence-electron chi connectivity index (χ0n) is 11.0. The van der Waals surface area contributed by atoms with E-state index >= 15 is 0 Å². The van der Waals surface area contributed by atoms with Crippen molar-refractivity contribution in [2.24, 2.45) is 5.73 Å². The quantitative estimate of drug-likeness (QED) is 0.790. The highest BCUT2D eigenvalue weighted by molar-refractivity contribution is 5.05. The van der Waals surface area contributed by atoms with Gasteiger partial charge in [-0.25, -0.2) is 9.97 Å². The zero-order valence-corrected chi connectivity index (χ0v) is 11.0. The Morgan fingerprint density at radius 3 is 2.76 bits per heavy atom. The summed E-state index contributed by atoms with van der Waals surface area (Å²) in [5.74, 6) is 0.773. The van der Waals surface area contributed by atoms with Gasteiger partial charge in [-0.3, -0.25) is 0 Å². The van der Waals surface area contributed by atoms with E-state index in [-0.39, 0.29) is 12.1 Å². The van der Waals surface area contributed by atoms with Gasteiger partial charge in [0.2, 0.25) is 0 Å². The van der Waals surface area contributed by atoms with Crippen molar-refractivity contribution in [3.8, 4) is 0 Å². The maximum absolute atomic E-state index is 5.93. The van der Waals surface area contributed by atoms with E-state index < -0.39 is 0 Å². The van der Waals surface area contributed by atoms with Crippen molar-refractivity contribution in [2.75, 3.05) is 7.11 Å². The van der Waals surface area contributed by atoms with Crippen molar-refractivity contribution >= 4 is 0 Å². The number of nitrogens with zero attached hydrogens (tertiary/aromatic N) is 2. The van der Waals surface area contributed by atoms with Gasteiger partial charge in [-0.05, 0) is 18.9 Å². The lowest BCUT2D eigenvalue weighted by Gasteiger charge is -2.14. The van der Waals surface area contributed by atoms with Gasteiger partial charge in [0.05, 0.1) is 0 Å². The molecule has 0 amide bonds. The first-order valence-corrected chi connectivity index (χ1v) is 6.31. The molecule has 0 bridgehead atoms. The minimum atomic E-state index is -0.00204. The standard InChI is InChI=1S/C13H23N3O/c1-4-6-12(17-3)13-15-8-7-11(16-13)9-10(14)5-2/h7-8,10,12H,4-6,9,14H2,1-3H3. The fourth-order valence-electron chi connectivity index (χ4n) is 1.71. The molecular weight excluding hydrogens is 214 g/mol. The summed E-state index contributed by atoms with van der Waals surface area (Å²) in [6.45, 7) is 4.21. The van der Waals surface area contributed by atoms with E-state index in [2.05, 4.69) is 23.8 Å². The highest BCUT2D eigenvalue weighted by Gasteiger charge is 2.13. The van der Waals surface area contributed by atoms with E-state index in [1.54, 1.807) is 13.3 Å². The average molecular weight is 237 g/mol. The molecule has 1 heterocycles. The Kier molecular flexibility index (Phi) is 6.08. The SMILES string of the molecule is CCCC(OC)c1nccc(CC(N)CC)n1. The summed E-state index contributed by atoms with van der Waals surface area (Å²) >= 11 is 0. The summed E-state index contributed by atoms with van der Waals surface area (Å²) in [6, 6.07) is 2.10. The molecule has 0 aliphatic heterocycles. The van der Waals surface area contributed by atoms with Gasteiger partial charge in [0.25, 0.3) is 0 Å². The van der Waals surface area contributed by atoms with Crippen molar-refractivity contribution in [1.82, 2.24) is 9.97 Å². The molecule has 1 rings (SSSR count). The first-order chi connectivity index (χ1) is 8.21. The normalized spacial score (nSPS) is 14.6. The van der Waals surface area contributed by atoms with Crippen LogP contribution in [0, 0.1) is 0 Å². The Labute approximate surface area is 104 Å². The number of nitrogens with two attached hydrogens (primary N) is 1. The number of ether oxygens (including phenoxy) is 1. The van der Waals surface area contributed by atoms with Crippen LogP contribution >= 0.6 is 0 Å². The van der Waals surface area contributed by atoms with Crippen LogP contribution in [0.3, 0.4) is 0 Å². The molecule has 96 valence electrons. The summed E-state index contributed by atoms with van der Waals surface area (Å²) in [5.41, 5.74) is 6.93. The van der Waals surface area contributed by atoms with Crippen LogP contribution in [0.2, 0.25) is 0 Å². The molecule has 1 aromatic heterocycles. The van der Waals surface area contributed by atoms with Gasteiger partial charge in [0.15, 0.2) is 5.82 Å². The van der Waals surface area contributed by atoms with E-state index in [9.17, 15) is 0 Å². The second-order valence-electron chi connectivity index (χ2n) is 4.29. The molecule has 2 N–H and O–H groups in total. The van der Waals surface area contributed by atoms with Gasteiger partial charge < -0.3 is 10.5 Å². The molecule has 0 aliphatic carbocycles. The fraction of sp³-hybridized carbons (Fsp3) is 0.692. The summed E-state index contributed by atoms with van der Waals surface area (Å²) in [6.07, 6.45) is 5.55. The van der Waals surface area contributed by atoms with Crippen molar-refractivity contribution < 1.29 is 4.74 Å². The third-order valence-corrected chi connectivity index (χ3v) is 2.85. The molecule has 1 aromatic rings. The van der Waals surface area contributed by atoms with Crippen LogP contribution in [0.5, 0.6) is 0 Å². The molecule has 4 nitrogen and oxygen atoms in total. The van der Waals surface area contributed by atoms with Crippen LogP contribution in [0.1, 0.15) is 50.7 Å². The Balaban J connectivity index is 2.76. The van der Waals surface area contributed by atoms with Crippen LogP contribution in [0.25, 0.3) is 0 Å². The van der Waals surface area contributed by atoms with Crippen molar-refractivity contribution in [1.29, 1.82) is 0 Å². The Hall–Kier alpha value is -1.00. The lowest BCUT2D eigenvalue weighted by molar-refractivity contribution is 0.0874. The molecule has 0 saturated carbocycles. The first kappa shape index (κ1) is 14.1. The van der Waals surface area contributed by atoms with Gasteiger partial charge in [-0.15, -0.1) is 0 Å². The second-order valence-corrected chi connectivity index (χ2v) is 4.29. The van der Waals surface area contributed by atoms with Crippen LogP contribution in [-0.4, -0.2) is 23.1 Å². The van der Waals surface area contributed by atoms with Crippen LogP contribution in [0.15, 0.2) is 12.3 Å². The molecule has 17 heavy (non-hydrogen) atoms. The number of aromatic nitrogens is 2. The first-order valence-electron chi connectivity index (χ1n) is 6.31. The third-order valence-electron chi connectivity index (χ3n) is 2.85. The van der Waals surface area contributed by atoms with Gasteiger partial charge in [-0.2, -0.15) is 0 Å². The highest BCUT2D eigenvalue weighted by atomic mass is 16.5. The number of hydrogen-bond acceptors (Lipinski definition) is 4. The predicted octanol–water partition coefficient (Wildman–Crippen LogP) is 2.24. The maximum atomic E-state index is 5.93. The number of rotatable bonds is 7. The molecular formula is C13H23N3O. The van der Waals surface area contributed by atoms with Crippen molar-refractivity contribution in [3.63, 3.8) is 0 Å². The number of hydrogen-bond donors (Lipinski definition) is 1.